The maximum absolute atomic E-state index is 12.2. The Morgan fingerprint density at radius 3 is 2.78 bits per heavy atom. The van der Waals surface area contributed by atoms with Crippen LogP contribution in [-0.2, 0) is 0 Å². The van der Waals surface area contributed by atoms with Gasteiger partial charge in [-0.15, -0.1) is 0 Å². The molecule has 1 aromatic carbocycles. The van der Waals surface area contributed by atoms with Crippen LogP contribution in [0.25, 0.3) is 6.08 Å². The Hall–Kier alpha value is -1.33. The van der Waals surface area contributed by atoms with E-state index in [2.05, 4.69) is 31.9 Å². The molecule has 0 fully saturated rings. The van der Waals surface area contributed by atoms with Crippen molar-refractivity contribution in [1.82, 2.24) is 0 Å². The lowest BCUT2D eigenvalue weighted by atomic mass is 10.1. The van der Waals surface area contributed by atoms with Crippen LogP contribution >= 0.6 is 31.9 Å². The Morgan fingerprint density at radius 1 is 1.22 bits per heavy atom. The van der Waals surface area contributed by atoms with Crippen LogP contribution in [0.15, 0.2) is 49.7 Å². The lowest BCUT2D eigenvalue weighted by Crippen LogP contribution is -1.97. The van der Waals surface area contributed by atoms with E-state index in [1.54, 1.807) is 30.5 Å². The summed E-state index contributed by atoms with van der Waals surface area (Å²) in [6.07, 6.45) is 3.13. The Bertz CT molecular complexity index is 657. The van der Waals surface area contributed by atoms with Gasteiger partial charge in [-0.05, 0) is 40.2 Å². The fraction of sp³-hybridized carbons (Fsp3) is 0. The number of Topliss-reactive ketones (excluding diaryl/α,β-unsaturated/α-hetero) is 1. The largest absolute Gasteiger partial charge is 0.465 e. The van der Waals surface area contributed by atoms with Gasteiger partial charge in [0.15, 0.2) is 11.5 Å². The molecule has 2 heterocycles. The van der Waals surface area contributed by atoms with Crippen LogP contribution < -0.4 is 4.74 Å². The van der Waals surface area contributed by atoms with Crippen molar-refractivity contribution in [1.29, 1.82) is 0 Å². The van der Waals surface area contributed by atoms with Gasteiger partial charge < -0.3 is 9.15 Å². The number of halogens is 2. The lowest BCUT2D eigenvalue weighted by molar-refractivity contribution is 0.101. The number of carbonyl (C=O) groups is 1. The van der Waals surface area contributed by atoms with E-state index < -0.39 is 0 Å². The first-order chi connectivity index (χ1) is 8.65. The van der Waals surface area contributed by atoms with Crippen molar-refractivity contribution in [2.45, 2.75) is 0 Å². The molecule has 1 aliphatic rings. The average Bonchev–Trinajstić information content (AvgIpc) is 2.91. The minimum atomic E-state index is -0.150. The van der Waals surface area contributed by atoms with Crippen LogP contribution in [0.2, 0.25) is 0 Å². The van der Waals surface area contributed by atoms with Crippen molar-refractivity contribution in [3.63, 3.8) is 0 Å². The second-order valence-corrected chi connectivity index (χ2v) is 5.49. The van der Waals surface area contributed by atoms with Crippen LogP contribution in [-0.4, -0.2) is 5.78 Å². The van der Waals surface area contributed by atoms with E-state index in [0.717, 1.165) is 8.95 Å². The van der Waals surface area contributed by atoms with E-state index in [1.165, 1.54) is 0 Å². The molecule has 3 nitrogen and oxygen atoms in total. The van der Waals surface area contributed by atoms with Crippen molar-refractivity contribution in [2.24, 2.45) is 0 Å². The highest BCUT2D eigenvalue weighted by molar-refractivity contribution is 9.11. The maximum atomic E-state index is 12.2. The molecular weight excluding hydrogens is 364 g/mol. The Kier molecular flexibility index (Phi) is 2.87. The third kappa shape index (κ3) is 1.93. The maximum Gasteiger partial charge on any atom is 0.232 e. The number of hydrogen-bond donors (Lipinski definition) is 0. The first-order valence-electron chi connectivity index (χ1n) is 5.12. The van der Waals surface area contributed by atoms with E-state index in [0.29, 0.717) is 17.1 Å². The number of rotatable bonds is 1. The highest BCUT2D eigenvalue weighted by Crippen LogP contribution is 2.40. The predicted molar refractivity (Wildman–Crippen MR) is 73.5 cm³/mol. The van der Waals surface area contributed by atoms with Gasteiger partial charge in [-0.2, -0.15) is 0 Å². The summed E-state index contributed by atoms with van der Waals surface area (Å²) in [5, 5.41) is 0. The zero-order chi connectivity index (χ0) is 12.7. The summed E-state index contributed by atoms with van der Waals surface area (Å²) in [5.41, 5.74) is 0.536. The van der Waals surface area contributed by atoms with Crippen LogP contribution in [0, 0.1) is 0 Å². The smallest absolute Gasteiger partial charge is 0.232 e. The summed E-state index contributed by atoms with van der Waals surface area (Å²) in [7, 11) is 0. The van der Waals surface area contributed by atoms with Gasteiger partial charge in [0.05, 0.1) is 16.3 Å². The number of ether oxygens (including phenoxy) is 1. The molecule has 0 N–H and O–H groups in total. The number of ketones is 1. The normalized spacial score (nSPS) is 15.9. The third-order valence-electron chi connectivity index (χ3n) is 2.51. The number of hydrogen-bond acceptors (Lipinski definition) is 3. The lowest BCUT2D eigenvalue weighted by Gasteiger charge is -2.00. The first kappa shape index (κ1) is 11.7. The molecule has 0 amide bonds. The molecule has 0 saturated heterocycles. The highest BCUT2D eigenvalue weighted by Gasteiger charge is 2.29. The van der Waals surface area contributed by atoms with Gasteiger partial charge in [0.1, 0.15) is 5.76 Å². The van der Waals surface area contributed by atoms with Gasteiger partial charge in [-0.1, -0.05) is 15.9 Å². The number of benzene rings is 1. The van der Waals surface area contributed by atoms with E-state index in [4.69, 9.17) is 9.15 Å². The van der Waals surface area contributed by atoms with Crippen molar-refractivity contribution in [2.75, 3.05) is 0 Å². The van der Waals surface area contributed by atoms with E-state index in [1.807, 2.05) is 6.07 Å². The highest BCUT2D eigenvalue weighted by atomic mass is 79.9. The van der Waals surface area contributed by atoms with E-state index in [9.17, 15) is 4.79 Å². The summed E-state index contributed by atoms with van der Waals surface area (Å²) in [6.45, 7) is 0. The third-order valence-corrected chi connectivity index (χ3v) is 3.55. The van der Waals surface area contributed by atoms with E-state index in [-0.39, 0.29) is 11.5 Å². The molecule has 0 bridgehead atoms. The molecule has 0 spiro atoms. The summed E-state index contributed by atoms with van der Waals surface area (Å²) in [6, 6.07) is 7.09. The van der Waals surface area contributed by atoms with Crippen LogP contribution in [0.4, 0.5) is 0 Å². The van der Waals surface area contributed by atoms with Crippen LogP contribution in [0.3, 0.4) is 0 Å². The Balaban J connectivity index is 2.07. The topological polar surface area (TPSA) is 39.4 Å². The van der Waals surface area contributed by atoms with Crippen molar-refractivity contribution in [3.05, 3.63) is 56.6 Å². The standard InChI is InChI=1S/C13H6Br2O3/c14-7-4-9-12(16)11(6-8-2-1-3-17-8)18-13(9)10(15)5-7/h1-6H/b11-6-. The zero-order valence-electron chi connectivity index (χ0n) is 8.94. The second-order valence-electron chi connectivity index (χ2n) is 3.72. The molecular formula is C13H6Br2O3. The van der Waals surface area contributed by atoms with E-state index >= 15 is 0 Å². The van der Waals surface area contributed by atoms with Gasteiger partial charge >= 0.3 is 0 Å². The number of allylic oxidation sites excluding steroid dienone is 1. The molecule has 0 radical (unpaired) electrons. The molecule has 0 aliphatic carbocycles. The molecule has 1 aromatic heterocycles. The predicted octanol–water partition coefficient (Wildman–Crippen LogP) is 4.42. The summed E-state index contributed by atoms with van der Waals surface area (Å²) < 4.78 is 12.3. The minimum Gasteiger partial charge on any atom is -0.465 e. The van der Waals surface area contributed by atoms with Crippen molar-refractivity contribution < 1.29 is 13.9 Å². The first-order valence-corrected chi connectivity index (χ1v) is 6.70. The fourth-order valence-corrected chi connectivity index (χ4v) is 3.03. The Morgan fingerprint density at radius 2 is 2.06 bits per heavy atom. The molecule has 1 aliphatic heterocycles. The SMILES string of the molecule is O=C1/C(=C/c2ccco2)Oc2c(Br)cc(Br)cc21. The molecule has 0 unspecified atom stereocenters. The number of fused-ring (bicyclic) bond motifs is 1. The summed E-state index contributed by atoms with van der Waals surface area (Å²) in [5.74, 6) is 1.24. The molecule has 0 atom stereocenters. The van der Waals surface area contributed by atoms with Crippen molar-refractivity contribution >= 4 is 43.7 Å². The van der Waals surface area contributed by atoms with Gasteiger partial charge in [-0.3, -0.25) is 4.79 Å². The van der Waals surface area contributed by atoms with Gasteiger partial charge in [0.25, 0.3) is 0 Å². The molecule has 5 heteroatoms. The summed E-state index contributed by atoms with van der Waals surface area (Å²) >= 11 is 6.72. The second kappa shape index (κ2) is 4.40. The summed E-state index contributed by atoms with van der Waals surface area (Å²) in [4.78, 5) is 12.2. The number of carbonyl (C=O) groups excluding carboxylic acids is 1. The minimum absolute atomic E-state index is 0.150. The fourth-order valence-electron chi connectivity index (χ4n) is 1.72. The Labute approximate surface area is 120 Å². The zero-order valence-corrected chi connectivity index (χ0v) is 12.1. The average molecular weight is 370 g/mol. The molecule has 90 valence electrons. The molecule has 18 heavy (non-hydrogen) atoms. The van der Waals surface area contributed by atoms with Crippen LogP contribution in [0.5, 0.6) is 5.75 Å². The van der Waals surface area contributed by atoms with Gasteiger partial charge in [-0.25, -0.2) is 0 Å². The van der Waals surface area contributed by atoms with Crippen molar-refractivity contribution in [3.8, 4) is 5.75 Å². The number of furan rings is 1. The molecule has 0 saturated carbocycles. The van der Waals surface area contributed by atoms with Crippen LogP contribution in [0.1, 0.15) is 16.1 Å². The monoisotopic (exact) mass is 368 g/mol. The van der Waals surface area contributed by atoms with Gasteiger partial charge in [0, 0.05) is 10.5 Å². The quantitative estimate of drug-likeness (QED) is 0.698. The molecule has 3 rings (SSSR count). The molecule has 2 aromatic rings. The van der Waals surface area contributed by atoms with Gasteiger partial charge in [0.2, 0.25) is 5.78 Å².